The quantitative estimate of drug-likeness (QED) is 0.717. The molecule has 1 aromatic carbocycles. The number of carbonyl (C=O) groups excluding carboxylic acids is 2. The molecular formula is C13H15ClN2O4. The Morgan fingerprint density at radius 2 is 1.95 bits per heavy atom. The molecule has 2 amide bonds. The first kappa shape index (κ1) is 14.6. The molecule has 3 N–H and O–H groups in total. The molecule has 0 saturated carbocycles. The van der Waals surface area contributed by atoms with Crippen LogP contribution in [0.5, 0.6) is 5.75 Å². The van der Waals surface area contributed by atoms with Gasteiger partial charge in [-0.15, -0.1) is 0 Å². The molecule has 6 nitrogen and oxygen atoms in total. The Bertz CT molecular complexity index is 515. The fourth-order valence-corrected chi connectivity index (χ4v) is 2.11. The largest absolute Gasteiger partial charge is 0.507 e. The molecule has 1 saturated heterocycles. The number of phenolic OH excluding ortho intramolecular Hbond substituents is 1. The summed E-state index contributed by atoms with van der Waals surface area (Å²) >= 11 is 5.75. The van der Waals surface area contributed by atoms with Crippen molar-refractivity contribution in [3.63, 3.8) is 0 Å². The van der Waals surface area contributed by atoms with Crippen LogP contribution in [0.3, 0.4) is 0 Å². The Hall–Kier alpha value is -1.79. The first-order chi connectivity index (χ1) is 9.58. The van der Waals surface area contributed by atoms with E-state index < -0.39 is 5.91 Å². The molecule has 2 rings (SSSR count). The summed E-state index contributed by atoms with van der Waals surface area (Å²) in [7, 11) is 0. The molecule has 1 fully saturated rings. The molecule has 1 heterocycles. The second-order valence-electron chi connectivity index (χ2n) is 4.49. The fourth-order valence-electron chi connectivity index (χ4n) is 1.94. The third-order valence-electron chi connectivity index (χ3n) is 3.09. The summed E-state index contributed by atoms with van der Waals surface area (Å²) in [5.74, 6) is -1.25. The Labute approximate surface area is 121 Å². The number of rotatable bonds is 2. The Morgan fingerprint density at radius 1 is 1.25 bits per heavy atom. The van der Waals surface area contributed by atoms with E-state index in [-0.39, 0.29) is 23.1 Å². The molecule has 20 heavy (non-hydrogen) atoms. The second-order valence-corrected chi connectivity index (χ2v) is 4.93. The van der Waals surface area contributed by atoms with Crippen molar-refractivity contribution in [1.29, 1.82) is 0 Å². The van der Waals surface area contributed by atoms with Crippen molar-refractivity contribution in [1.82, 2.24) is 10.9 Å². The van der Waals surface area contributed by atoms with E-state index in [1.54, 1.807) is 0 Å². The first-order valence-corrected chi connectivity index (χ1v) is 6.62. The Balaban J connectivity index is 1.91. The number of hydrogen-bond acceptors (Lipinski definition) is 4. The third-order valence-corrected chi connectivity index (χ3v) is 3.33. The van der Waals surface area contributed by atoms with Crippen molar-refractivity contribution in [2.24, 2.45) is 5.92 Å². The number of aromatic hydroxyl groups is 1. The fraction of sp³-hybridized carbons (Fsp3) is 0.385. The minimum Gasteiger partial charge on any atom is -0.507 e. The number of hydrazine groups is 1. The maximum absolute atomic E-state index is 11.8. The zero-order valence-electron chi connectivity index (χ0n) is 10.7. The van der Waals surface area contributed by atoms with Crippen molar-refractivity contribution in [2.45, 2.75) is 12.8 Å². The third kappa shape index (κ3) is 3.61. The van der Waals surface area contributed by atoms with Gasteiger partial charge in [-0.25, -0.2) is 0 Å². The summed E-state index contributed by atoms with van der Waals surface area (Å²) in [4.78, 5) is 23.7. The number of amides is 2. The van der Waals surface area contributed by atoms with E-state index in [0.29, 0.717) is 31.1 Å². The SMILES string of the molecule is O=C(NNC(=O)C1CCOCC1)c1cc(Cl)ccc1O. The summed E-state index contributed by atoms with van der Waals surface area (Å²) < 4.78 is 5.16. The van der Waals surface area contributed by atoms with Crippen molar-refractivity contribution in [3.8, 4) is 5.75 Å². The van der Waals surface area contributed by atoms with Gasteiger partial charge >= 0.3 is 0 Å². The van der Waals surface area contributed by atoms with Gasteiger partial charge in [0.1, 0.15) is 5.75 Å². The van der Waals surface area contributed by atoms with Crippen molar-refractivity contribution >= 4 is 23.4 Å². The van der Waals surface area contributed by atoms with Gasteiger partial charge in [0.2, 0.25) is 5.91 Å². The van der Waals surface area contributed by atoms with E-state index in [4.69, 9.17) is 16.3 Å². The van der Waals surface area contributed by atoms with Crippen LogP contribution in [0.15, 0.2) is 18.2 Å². The molecule has 1 aliphatic rings. The van der Waals surface area contributed by atoms with Gasteiger partial charge in [0.25, 0.3) is 5.91 Å². The Morgan fingerprint density at radius 3 is 2.65 bits per heavy atom. The number of phenols is 1. The Kier molecular flexibility index (Phi) is 4.81. The van der Waals surface area contributed by atoms with Crippen LogP contribution < -0.4 is 10.9 Å². The molecule has 1 aromatic rings. The highest BCUT2D eigenvalue weighted by Crippen LogP contribution is 2.21. The molecule has 0 aromatic heterocycles. The number of ether oxygens (including phenoxy) is 1. The topological polar surface area (TPSA) is 87.7 Å². The van der Waals surface area contributed by atoms with Gasteiger partial charge in [0.05, 0.1) is 5.56 Å². The van der Waals surface area contributed by atoms with Crippen molar-refractivity contribution in [3.05, 3.63) is 28.8 Å². The number of nitrogens with one attached hydrogen (secondary N) is 2. The smallest absolute Gasteiger partial charge is 0.273 e. The van der Waals surface area contributed by atoms with Gasteiger partial charge < -0.3 is 9.84 Å². The van der Waals surface area contributed by atoms with Gasteiger partial charge in [-0.1, -0.05) is 11.6 Å². The predicted molar refractivity (Wildman–Crippen MR) is 72.3 cm³/mol. The highest BCUT2D eigenvalue weighted by atomic mass is 35.5. The normalized spacial score (nSPS) is 15.7. The van der Waals surface area contributed by atoms with Crippen LogP contribution in [0, 0.1) is 5.92 Å². The van der Waals surface area contributed by atoms with Gasteiger partial charge in [0.15, 0.2) is 0 Å². The molecule has 0 bridgehead atoms. The lowest BCUT2D eigenvalue weighted by atomic mass is 10.00. The van der Waals surface area contributed by atoms with E-state index >= 15 is 0 Å². The first-order valence-electron chi connectivity index (χ1n) is 6.24. The monoisotopic (exact) mass is 298 g/mol. The van der Waals surface area contributed by atoms with E-state index in [2.05, 4.69) is 10.9 Å². The lowest BCUT2D eigenvalue weighted by Gasteiger charge is -2.21. The van der Waals surface area contributed by atoms with Crippen LogP contribution in [0.25, 0.3) is 0 Å². The van der Waals surface area contributed by atoms with Crippen LogP contribution in [0.2, 0.25) is 5.02 Å². The number of halogens is 1. The van der Waals surface area contributed by atoms with Crippen LogP contribution in [0.4, 0.5) is 0 Å². The molecule has 0 unspecified atom stereocenters. The van der Waals surface area contributed by atoms with Crippen LogP contribution >= 0.6 is 11.6 Å². The zero-order valence-corrected chi connectivity index (χ0v) is 11.4. The lowest BCUT2D eigenvalue weighted by Crippen LogP contribution is -2.45. The van der Waals surface area contributed by atoms with E-state index in [1.807, 2.05) is 0 Å². The lowest BCUT2D eigenvalue weighted by molar-refractivity contribution is -0.128. The predicted octanol–water partition coefficient (Wildman–Crippen LogP) is 1.23. The molecule has 0 aliphatic carbocycles. The number of hydrogen-bond donors (Lipinski definition) is 3. The number of carbonyl (C=O) groups is 2. The van der Waals surface area contributed by atoms with Gasteiger partial charge in [-0.05, 0) is 31.0 Å². The summed E-state index contributed by atoms with van der Waals surface area (Å²) in [6, 6.07) is 4.11. The van der Waals surface area contributed by atoms with E-state index in [9.17, 15) is 14.7 Å². The maximum atomic E-state index is 11.8. The van der Waals surface area contributed by atoms with Crippen LogP contribution in [0.1, 0.15) is 23.2 Å². The summed E-state index contributed by atoms with van der Waals surface area (Å²) in [6.45, 7) is 1.09. The van der Waals surface area contributed by atoms with Crippen molar-refractivity contribution < 1.29 is 19.4 Å². The molecule has 108 valence electrons. The van der Waals surface area contributed by atoms with Gasteiger partial charge in [-0.3, -0.25) is 20.4 Å². The second kappa shape index (κ2) is 6.58. The molecule has 0 spiro atoms. The number of benzene rings is 1. The molecule has 0 atom stereocenters. The minimum atomic E-state index is -0.620. The minimum absolute atomic E-state index is 0.00442. The van der Waals surface area contributed by atoms with E-state index in [1.165, 1.54) is 18.2 Å². The molecule has 0 radical (unpaired) electrons. The standard InChI is InChI=1S/C13H15ClN2O4/c14-9-1-2-11(17)10(7-9)13(19)16-15-12(18)8-3-5-20-6-4-8/h1-2,7-8,17H,3-6H2,(H,15,18)(H,16,19). The zero-order chi connectivity index (χ0) is 14.5. The molecule has 1 aliphatic heterocycles. The molecular weight excluding hydrogens is 284 g/mol. The van der Waals surface area contributed by atoms with Gasteiger partial charge in [-0.2, -0.15) is 0 Å². The average Bonchev–Trinajstić information content (AvgIpc) is 2.47. The van der Waals surface area contributed by atoms with Crippen molar-refractivity contribution in [2.75, 3.05) is 13.2 Å². The summed E-state index contributed by atoms with van der Waals surface area (Å²) in [6.07, 6.45) is 1.26. The molecule has 7 heteroatoms. The summed E-state index contributed by atoms with van der Waals surface area (Å²) in [5.41, 5.74) is 4.62. The highest BCUT2D eigenvalue weighted by molar-refractivity contribution is 6.31. The highest BCUT2D eigenvalue weighted by Gasteiger charge is 2.22. The van der Waals surface area contributed by atoms with Crippen LogP contribution in [-0.2, 0) is 9.53 Å². The van der Waals surface area contributed by atoms with E-state index in [0.717, 1.165) is 0 Å². The van der Waals surface area contributed by atoms with Gasteiger partial charge in [0, 0.05) is 24.2 Å². The average molecular weight is 299 g/mol. The maximum Gasteiger partial charge on any atom is 0.273 e. The van der Waals surface area contributed by atoms with Crippen LogP contribution in [-0.4, -0.2) is 30.1 Å². The summed E-state index contributed by atoms with van der Waals surface area (Å²) in [5, 5.41) is 9.89.